The first kappa shape index (κ1) is 20.3. The van der Waals surface area contributed by atoms with Gasteiger partial charge in [0.1, 0.15) is 0 Å². The molecule has 6 nitrogen and oxygen atoms in total. The zero-order chi connectivity index (χ0) is 18.2. The Labute approximate surface area is 150 Å². The van der Waals surface area contributed by atoms with Crippen LogP contribution in [0.3, 0.4) is 0 Å². The van der Waals surface area contributed by atoms with Crippen LogP contribution in [-0.2, 0) is 23.8 Å². The second kappa shape index (κ2) is 9.52. The number of hydrogen-bond acceptors (Lipinski definition) is 6. The highest BCUT2D eigenvalue weighted by Crippen LogP contribution is 2.39. The molecule has 0 atom stereocenters. The molecular weight excluding hydrogens is 380 g/mol. The Morgan fingerprint density at radius 1 is 1.04 bits per heavy atom. The first-order valence-electron chi connectivity index (χ1n) is 7.77. The maximum Gasteiger partial charge on any atom is 0.321 e. The molecule has 24 heavy (non-hydrogen) atoms. The minimum atomic E-state index is -1.16. The van der Waals surface area contributed by atoms with Crippen molar-refractivity contribution in [3.8, 4) is 0 Å². The van der Waals surface area contributed by atoms with Gasteiger partial charge >= 0.3 is 11.9 Å². The lowest BCUT2D eigenvalue weighted by Crippen LogP contribution is -2.42. The maximum absolute atomic E-state index is 12.3. The lowest BCUT2D eigenvalue weighted by atomic mass is 9.74. The summed E-state index contributed by atoms with van der Waals surface area (Å²) in [5.74, 6) is -2.95. The second-order valence-corrected chi connectivity index (χ2v) is 5.59. The molecule has 0 heterocycles. The number of esters is 2. The molecule has 0 amide bonds. The van der Waals surface area contributed by atoms with Crippen molar-refractivity contribution in [2.24, 2.45) is 11.3 Å². The van der Waals surface area contributed by atoms with Gasteiger partial charge in [-0.25, -0.2) is 0 Å². The molecule has 0 radical (unpaired) electrons. The number of alkyl halides is 1. The smallest absolute Gasteiger partial charge is 0.321 e. The predicted molar refractivity (Wildman–Crippen MR) is 89.9 cm³/mol. The molecule has 0 saturated carbocycles. The van der Waals surface area contributed by atoms with E-state index in [1.807, 2.05) is 0 Å². The largest absolute Gasteiger partial charge is 0.613 e. The van der Waals surface area contributed by atoms with Crippen LogP contribution in [0.25, 0.3) is 0 Å². The van der Waals surface area contributed by atoms with Crippen LogP contribution in [0.4, 0.5) is 0 Å². The van der Waals surface area contributed by atoms with Crippen LogP contribution in [0.15, 0.2) is 35.8 Å². The van der Waals surface area contributed by atoms with E-state index in [2.05, 4.69) is 15.9 Å². The summed E-state index contributed by atoms with van der Waals surface area (Å²) in [6, 6.07) is 0. The van der Waals surface area contributed by atoms with Crippen LogP contribution < -0.4 is 5.11 Å². The molecule has 0 aromatic rings. The van der Waals surface area contributed by atoms with Gasteiger partial charge in [0, 0.05) is 10.7 Å². The summed E-state index contributed by atoms with van der Waals surface area (Å²) in [4.78, 5) is 24.7. The SMILES string of the molecule is CCOC(=O)C(C(=O)OCC)C1(CBr)C=CC(=C([O-])OCC)C=C1. The Morgan fingerprint density at radius 2 is 1.50 bits per heavy atom. The number of carbonyl (C=O) groups is 2. The summed E-state index contributed by atoms with van der Waals surface area (Å²) in [6.45, 7) is 5.62. The molecule has 1 aliphatic rings. The van der Waals surface area contributed by atoms with Gasteiger partial charge in [0.05, 0.1) is 19.2 Å². The summed E-state index contributed by atoms with van der Waals surface area (Å²) in [7, 11) is 0. The molecule has 7 heteroatoms. The Morgan fingerprint density at radius 3 is 1.88 bits per heavy atom. The van der Waals surface area contributed by atoms with E-state index in [0.717, 1.165) is 0 Å². The number of carbonyl (C=O) groups excluding carboxylic acids is 2. The lowest BCUT2D eigenvalue weighted by Gasteiger charge is -2.33. The van der Waals surface area contributed by atoms with Crippen molar-refractivity contribution in [2.75, 3.05) is 25.2 Å². The first-order chi connectivity index (χ1) is 11.5. The third-order valence-corrected chi connectivity index (χ3v) is 4.44. The molecule has 1 rings (SSSR count). The van der Waals surface area contributed by atoms with Crippen molar-refractivity contribution in [3.05, 3.63) is 35.8 Å². The first-order valence-corrected chi connectivity index (χ1v) is 8.89. The quantitative estimate of drug-likeness (QED) is 0.267. The van der Waals surface area contributed by atoms with Gasteiger partial charge in [0.25, 0.3) is 0 Å². The molecule has 0 fully saturated rings. The molecular formula is C17H22BrO6-. The van der Waals surface area contributed by atoms with Gasteiger partial charge in [0.15, 0.2) is 5.92 Å². The number of rotatable bonds is 8. The Hall–Kier alpha value is -1.76. The molecule has 1 aliphatic carbocycles. The van der Waals surface area contributed by atoms with E-state index in [1.54, 1.807) is 45.1 Å². The van der Waals surface area contributed by atoms with Crippen molar-refractivity contribution >= 4 is 27.9 Å². The monoisotopic (exact) mass is 401 g/mol. The predicted octanol–water partition coefficient (Wildman–Crippen LogP) is 1.84. The number of halogens is 1. The van der Waals surface area contributed by atoms with Crippen molar-refractivity contribution in [3.63, 3.8) is 0 Å². The van der Waals surface area contributed by atoms with Gasteiger partial charge in [-0.1, -0.05) is 47.2 Å². The fourth-order valence-corrected chi connectivity index (χ4v) is 2.99. The summed E-state index contributed by atoms with van der Waals surface area (Å²) in [5.41, 5.74) is -0.631. The van der Waals surface area contributed by atoms with Gasteiger partial charge in [-0.3, -0.25) is 9.59 Å². The van der Waals surface area contributed by atoms with Gasteiger partial charge in [-0.05, 0) is 26.0 Å². The number of hydrogen-bond donors (Lipinski definition) is 0. The van der Waals surface area contributed by atoms with Crippen molar-refractivity contribution < 1.29 is 28.9 Å². The topological polar surface area (TPSA) is 84.9 Å². The van der Waals surface area contributed by atoms with Crippen molar-refractivity contribution in [2.45, 2.75) is 20.8 Å². The van der Waals surface area contributed by atoms with Crippen LogP contribution >= 0.6 is 15.9 Å². The third-order valence-electron chi connectivity index (χ3n) is 3.47. The highest BCUT2D eigenvalue weighted by molar-refractivity contribution is 9.09. The standard InChI is InChI=1S/C17H23BrO6/c1-4-22-14(19)12-7-9-17(11-18,10-8-12)13(15(20)23-5-2)16(21)24-6-3/h7-10,13,19H,4-6,11H2,1-3H3/p-1. The van der Waals surface area contributed by atoms with Crippen LogP contribution in [0.5, 0.6) is 0 Å². The zero-order valence-corrected chi connectivity index (χ0v) is 15.6. The van der Waals surface area contributed by atoms with E-state index in [9.17, 15) is 14.7 Å². The fraction of sp³-hybridized carbons (Fsp3) is 0.529. The van der Waals surface area contributed by atoms with Gasteiger partial charge < -0.3 is 19.3 Å². The summed E-state index contributed by atoms with van der Waals surface area (Å²) in [5, 5.41) is 12.1. The fourth-order valence-electron chi connectivity index (χ4n) is 2.30. The molecule has 0 aromatic heterocycles. The summed E-state index contributed by atoms with van der Waals surface area (Å²) in [6.07, 6.45) is 6.36. The van der Waals surface area contributed by atoms with Crippen LogP contribution in [0, 0.1) is 11.3 Å². The van der Waals surface area contributed by atoms with E-state index in [4.69, 9.17) is 14.2 Å². The minimum absolute atomic E-state index is 0.154. The molecule has 0 aromatic carbocycles. The van der Waals surface area contributed by atoms with E-state index < -0.39 is 29.2 Å². The molecule has 0 bridgehead atoms. The molecule has 0 saturated heterocycles. The van der Waals surface area contributed by atoms with Crippen molar-refractivity contribution in [1.29, 1.82) is 0 Å². The molecule has 0 N–H and O–H groups in total. The minimum Gasteiger partial charge on any atom is -0.613 e. The van der Waals surface area contributed by atoms with Crippen molar-refractivity contribution in [1.82, 2.24) is 0 Å². The molecule has 0 aliphatic heterocycles. The normalized spacial score (nSPS) is 19.3. The number of allylic oxidation sites excluding steroid dienone is 5. The van der Waals surface area contributed by atoms with E-state index in [1.165, 1.54) is 0 Å². The molecule has 0 spiro atoms. The molecule has 134 valence electrons. The third kappa shape index (κ3) is 4.63. The molecule has 0 unspecified atom stereocenters. The lowest BCUT2D eigenvalue weighted by molar-refractivity contribution is -0.357. The highest BCUT2D eigenvalue weighted by Gasteiger charge is 2.46. The van der Waals surface area contributed by atoms with Crippen LogP contribution in [0.2, 0.25) is 0 Å². The Kier molecular flexibility index (Phi) is 8.04. The zero-order valence-electron chi connectivity index (χ0n) is 14.0. The maximum atomic E-state index is 12.3. The van der Waals surface area contributed by atoms with Gasteiger partial charge in [0.2, 0.25) is 0 Å². The average molecular weight is 402 g/mol. The van der Waals surface area contributed by atoms with E-state index in [-0.39, 0.29) is 25.2 Å². The highest BCUT2D eigenvalue weighted by atomic mass is 79.9. The van der Waals surface area contributed by atoms with E-state index >= 15 is 0 Å². The van der Waals surface area contributed by atoms with Crippen LogP contribution in [0.1, 0.15) is 20.8 Å². The summed E-state index contributed by atoms with van der Waals surface area (Å²) >= 11 is 3.35. The van der Waals surface area contributed by atoms with Crippen LogP contribution in [-0.4, -0.2) is 37.1 Å². The van der Waals surface area contributed by atoms with Gasteiger partial charge in [-0.2, -0.15) is 0 Å². The average Bonchev–Trinajstić information content (AvgIpc) is 2.56. The second-order valence-electron chi connectivity index (χ2n) is 5.03. The van der Waals surface area contributed by atoms with E-state index in [0.29, 0.717) is 5.57 Å². The number of ether oxygens (including phenoxy) is 3. The Balaban J connectivity index is 3.21. The van der Waals surface area contributed by atoms with Gasteiger partial charge in [-0.15, -0.1) is 0 Å². The summed E-state index contributed by atoms with van der Waals surface area (Å²) < 4.78 is 15.0. The Bertz CT molecular complexity index is 515.